The topological polar surface area (TPSA) is 85.9 Å². The Bertz CT molecular complexity index is 792. The van der Waals surface area contributed by atoms with Crippen LogP contribution in [-0.2, 0) is 16.1 Å². The van der Waals surface area contributed by atoms with Crippen molar-refractivity contribution in [2.24, 2.45) is 0 Å². The van der Waals surface area contributed by atoms with Gasteiger partial charge in [0.1, 0.15) is 12.2 Å². The third-order valence-corrected chi connectivity index (χ3v) is 3.72. The Kier molecular flexibility index (Phi) is 7.49. The second-order valence-corrected chi connectivity index (χ2v) is 5.62. The Balaban J connectivity index is 1.88. The molecule has 2 aromatic carbocycles. The first-order chi connectivity index (χ1) is 13.1. The second kappa shape index (κ2) is 10.1. The minimum absolute atomic E-state index is 0.280. The smallest absolute Gasteiger partial charge is 0.233 e. The molecule has 2 rings (SSSR count). The van der Waals surface area contributed by atoms with Gasteiger partial charge < -0.3 is 24.8 Å². The molecule has 0 unspecified atom stereocenters. The lowest BCUT2D eigenvalue weighted by Crippen LogP contribution is -2.27. The van der Waals surface area contributed by atoms with Gasteiger partial charge in [0.2, 0.25) is 11.8 Å². The predicted molar refractivity (Wildman–Crippen MR) is 102 cm³/mol. The molecule has 2 amide bonds. The maximum atomic E-state index is 12.1. The van der Waals surface area contributed by atoms with E-state index in [1.165, 1.54) is 0 Å². The molecule has 0 aromatic heterocycles. The van der Waals surface area contributed by atoms with Crippen LogP contribution < -0.4 is 24.8 Å². The van der Waals surface area contributed by atoms with Crippen molar-refractivity contribution < 1.29 is 23.8 Å². The summed E-state index contributed by atoms with van der Waals surface area (Å²) in [6, 6.07) is 12.4. The van der Waals surface area contributed by atoms with E-state index in [1.54, 1.807) is 44.6 Å². The standard InChI is InChI=1S/C20H24N2O5/c1-4-27-16-8-6-5-7-15(16)22-20(24)12-19(23)21-13-14-9-10-17(25-2)18(11-14)26-3/h5-11H,4,12-13H2,1-3H3,(H,21,23)(H,22,24). The van der Waals surface area contributed by atoms with Crippen LogP contribution in [0.3, 0.4) is 0 Å². The molecular weight excluding hydrogens is 348 g/mol. The van der Waals surface area contributed by atoms with Gasteiger partial charge in [0.05, 0.1) is 26.5 Å². The maximum Gasteiger partial charge on any atom is 0.233 e. The lowest BCUT2D eigenvalue weighted by molar-refractivity contribution is -0.126. The van der Waals surface area contributed by atoms with Crippen LogP contribution in [0, 0.1) is 0 Å². The zero-order valence-electron chi connectivity index (χ0n) is 15.7. The molecular formula is C20H24N2O5. The van der Waals surface area contributed by atoms with Crippen molar-refractivity contribution in [2.75, 3.05) is 26.1 Å². The van der Waals surface area contributed by atoms with Gasteiger partial charge in [0.15, 0.2) is 11.5 Å². The Morgan fingerprint density at radius 3 is 2.37 bits per heavy atom. The summed E-state index contributed by atoms with van der Waals surface area (Å²) >= 11 is 0. The van der Waals surface area contributed by atoms with Gasteiger partial charge in [-0.15, -0.1) is 0 Å². The lowest BCUT2D eigenvalue weighted by Gasteiger charge is -2.12. The summed E-state index contributed by atoms with van der Waals surface area (Å²) in [5.74, 6) is 0.969. The number of anilines is 1. The van der Waals surface area contributed by atoms with Gasteiger partial charge in [-0.3, -0.25) is 9.59 Å². The fourth-order valence-electron chi connectivity index (χ4n) is 2.45. The average Bonchev–Trinajstić information content (AvgIpc) is 2.67. The number of hydrogen-bond acceptors (Lipinski definition) is 5. The predicted octanol–water partition coefficient (Wildman–Crippen LogP) is 2.75. The minimum atomic E-state index is -0.410. The van der Waals surface area contributed by atoms with E-state index in [4.69, 9.17) is 14.2 Å². The van der Waals surface area contributed by atoms with E-state index in [2.05, 4.69) is 10.6 Å². The fraction of sp³-hybridized carbons (Fsp3) is 0.300. The van der Waals surface area contributed by atoms with E-state index in [0.717, 1.165) is 5.56 Å². The molecule has 0 aliphatic heterocycles. The molecule has 0 bridgehead atoms. The van der Waals surface area contributed by atoms with Crippen LogP contribution in [0.25, 0.3) is 0 Å². The highest BCUT2D eigenvalue weighted by Crippen LogP contribution is 2.27. The number of rotatable bonds is 9. The largest absolute Gasteiger partial charge is 0.493 e. The molecule has 0 atom stereocenters. The van der Waals surface area contributed by atoms with Crippen LogP contribution >= 0.6 is 0 Å². The highest BCUT2D eigenvalue weighted by atomic mass is 16.5. The van der Waals surface area contributed by atoms with Crippen molar-refractivity contribution in [2.45, 2.75) is 19.9 Å². The Labute approximate surface area is 158 Å². The van der Waals surface area contributed by atoms with Crippen molar-refractivity contribution in [3.63, 3.8) is 0 Å². The van der Waals surface area contributed by atoms with Crippen LogP contribution in [0.15, 0.2) is 42.5 Å². The number of carbonyl (C=O) groups excluding carboxylic acids is 2. The molecule has 0 heterocycles. The van der Waals surface area contributed by atoms with Crippen LogP contribution in [0.5, 0.6) is 17.2 Å². The molecule has 0 aliphatic carbocycles. The van der Waals surface area contributed by atoms with Gasteiger partial charge in [-0.2, -0.15) is 0 Å². The van der Waals surface area contributed by atoms with Crippen LogP contribution in [0.1, 0.15) is 18.9 Å². The van der Waals surface area contributed by atoms with Crippen molar-refractivity contribution in [1.29, 1.82) is 0 Å². The van der Waals surface area contributed by atoms with Crippen LogP contribution in [-0.4, -0.2) is 32.6 Å². The SMILES string of the molecule is CCOc1ccccc1NC(=O)CC(=O)NCc1ccc(OC)c(OC)c1. The number of benzene rings is 2. The molecule has 0 fully saturated rings. The van der Waals surface area contributed by atoms with E-state index >= 15 is 0 Å². The van der Waals surface area contributed by atoms with Crippen molar-refractivity contribution in [3.8, 4) is 17.2 Å². The molecule has 0 saturated heterocycles. The van der Waals surface area contributed by atoms with Gasteiger partial charge in [-0.05, 0) is 36.8 Å². The summed E-state index contributed by atoms with van der Waals surface area (Å²) in [5.41, 5.74) is 1.38. The molecule has 0 saturated carbocycles. The van der Waals surface area contributed by atoms with E-state index in [9.17, 15) is 9.59 Å². The first-order valence-corrected chi connectivity index (χ1v) is 8.56. The molecule has 2 aromatic rings. The number of amides is 2. The highest BCUT2D eigenvalue weighted by molar-refractivity contribution is 6.04. The summed E-state index contributed by atoms with van der Waals surface area (Å²) < 4.78 is 15.9. The normalized spacial score (nSPS) is 10.0. The van der Waals surface area contributed by atoms with E-state index in [1.807, 2.05) is 19.1 Å². The average molecular weight is 372 g/mol. The molecule has 2 N–H and O–H groups in total. The monoisotopic (exact) mass is 372 g/mol. The van der Waals surface area contributed by atoms with Gasteiger partial charge in [-0.1, -0.05) is 18.2 Å². The van der Waals surface area contributed by atoms with Gasteiger partial charge >= 0.3 is 0 Å². The zero-order valence-corrected chi connectivity index (χ0v) is 15.7. The second-order valence-electron chi connectivity index (χ2n) is 5.62. The summed E-state index contributed by atoms with van der Waals surface area (Å²) in [6.45, 7) is 2.63. The molecule has 0 spiro atoms. The van der Waals surface area contributed by atoms with Crippen LogP contribution in [0.2, 0.25) is 0 Å². The molecule has 7 heteroatoms. The molecule has 144 valence electrons. The van der Waals surface area contributed by atoms with Gasteiger partial charge in [0, 0.05) is 6.54 Å². The molecule has 7 nitrogen and oxygen atoms in total. The van der Waals surface area contributed by atoms with E-state index in [-0.39, 0.29) is 18.9 Å². The maximum absolute atomic E-state index is 12.1. The number of ether oxygens (including phenoxy) is 3. The third kappa shape index (κ3) is 5.91. The van der Waals surface area contributed by atoms with Gasteiger partial charge in [0.25, 0.3) is 0 Å². The fourth-order valence-corrected chi connectivity index (χ4v) is 2.45. The number of carbonyl (C=O) groups is 2. The number of hydrogen-bond donors (Lipinski definition) is 2. The van der Waals surface area contributed by atoms with Gasteiger partial charge in [-0.25, -0.2) is 0 Å². The Morgan fingerprint density at radius 2 is 1.67 bits per heavy atom. The summed E-state index contributed by atoms with van der Waals surface area (Å²) in [6.07, 6.45) is -0.284. The third-order valence-electron chi connectivity index (χ3n) is 3.72. The Hall–Kier alpha value is -3.22. The lowest BCUT2D eigenvalue weighted by atomic mass is 10.2. The summed E-state index contributed by atoms with van der Waals surface area (Å²) in [7, 11) is 3.10. The van der Waals surface area contributed by atoms with Crippen LogP contribution in [0.4, 0.5) is 5.69 Å². The zero-order chi connectivity index (χ0) is 19.6. The number of nitrogens with one attached hydrogen (secondary N) is 2. The van der Waals surface area contributed by atoms with Crippen molar-refractivity contribution >= 4 is 17.5 Å². The van der Waals surface area contributed by atoms with Crippen molar-refractivity contribution in [3.05, 3.63) is 48.0 Å². The molecule has 27 heavy (non-hydrogen) atoms. The highest BCUT2D eigenvalue weighted by Gasteiger charge is 2.12. The molecule has 0 radical (unpaired) electrons. The number of para-hydroxylation sites is 2. The first kappa shape index (κ1) is 20.1. The summed E-state index contributed by atoms with van der Waals surface area (Å²) in [5, 5.41) is 5.41. The Morgan fingerprint density at radius 1 is 0.926 bits per heavy atom. The molecule has 0 aliphatic rings. The summed E-state index contributed by atoms with van der Waals surface area (Å²) in [4.78, 5) is 24.2. The quantitative estimate of drug-likeness (QED) is 0.661. The van der Waals surface area contributed by atoms with E-state index < -0.39 is 5.91 Å². The number of methoxy groups -OCH3 is 2. The minimum Gasteiger partial charge on any atom is -0.493 e. The van der Waals surface area contributed by atoms with E-state index in [0.29, 0.717) is 29.5 Å². The first-order valence-electron chi connectivity index (χ1n) is 8.56. The van der Waals surface area contributed by atoms with Crippen molar-refractivity contribution in [1.82, 2.24) is 5.32 Å².